The second-order valence-corrected chi connectivity index (χ2v) is 8.05. The van der Waals surface area contributed by atoms with E-state index in [-0.39, 0.29) is 17.9 Å². The van der Waals surface area contributed by atoms with E-state index in [0.29, 0.717) is 17.4 Å². The van der Waals surface area contributed by atoms with Crippen LogP contribution >= 0.6 is 12.4 Å². The summed E-state index contributed by atoms with van der Waals surface area (Å²) in [6.07, 6.45) is 4.26. The smallest absolute Gasteiger partial charge is 0.267 e. The van der Waals surface area contributed by atoms with Gasteiger partial charge in [0.1, 0.15) is 11.4 Å². The number of aryl methyl sites for hydroxylation is 1. The van der Waals surface area contributed by atoms with Crippen molar-refractivity contribution in [3.8, 4) is 5.75 Å². The molecule has 2 aromatic carbocycles. The summed E-state index contributed by atoms with van der Waals surface area (Å²) < 4.78 is 1.60. The molecule has 8 heteroatoms. The molecular formula is C23H31ClN4O3. The highest BCUT2D eigenvalue weighted by atomic mass is 35.5. The molecule has 1 aromatic heterocycles. The molecule has 1 amide bonds. The van der Waals surface area contributed by atoms with Gasteiger partial charge < -0.3 is 21.2 Å². The highest BCUT2D eigenvalue weighted by Gasteiger charge is 2.22. The van der Waals surface area contributed by atoms with E-state index >= 15 is 0 Å². The third-order valence-electron chi connectivity index (χ3n) is 6.05. The van der Waals surface area contributed by atoms with Crippen molar-refractivity contribution >= 4 is 29.2 Å². The number of likely N-dealkylation sites (tertiary alicyclic amines) is 1. The number of nitrogens with two attached hydrogens (primary N) is 1. The predicted octanol–water partition coefficient (Wildman–Crippen LogP) is 2.47. The van der Waals surface area contributed by atoms with Crippen LogP contribution in [-0.2, 0) is 19.9 Å². The number of aromatic hydroxyl groups is 1. The van der Waals surface area contributed by atoms with Gasteiger partial charge in [-0.15, -0.1) is 12.4 Å². The molecule has 1 aliphatic rings. The van der Waals surface area contributed by atoms with Crippen molar-refractivity contribution in [3.05, 3.63) is 59.3 Å². The first-order valence-corrected chi connectivity index (χ1v) is 10.3. The molecule has 0 unspecified atom stereocenters. The largest absolute Gasteiger partial charge is 0.508 e. The first-order valence-electron chi connectivity index (χ1n) is 10.3. The summed E-state index contributed by atoms with van der Waals surface area (Å²) in [6.45, 7) is 3.23. The number of hydrogen-bond donors (Lipinski definition) is 2. The average Bonchev–Trinajstić information content (AvgIpc) is 3.06. The number of halogens is 1. The lowest BCUT2D eigenvalue weighted by Crippen LogP contribution is -2.35. The fourth-order valence-electron chi connectivity index (χ4n) is 4.44. The molecule has 1 fully saturated rings. The summed E-state index contributed by atoms with van der Waals surface area (Å²) in [4.78, 5) is 14.4. The summed E-state index contributed by atoms with van der Waals surface area (Å²) in [5.41, 5.74) is 9.38. The molecule has 1 aliphatic heterocycles. The van der Waals surface area contributed by atoms with Crippen LogP contribution in [0.2, 0.25) is 0 Å². The SMILES string of the molecule is Cl.Cn1nc2cccc(CC3CCN(CCc4ccc(O)cc4)CC3)c2c1C(N)=O.O. The number of fused-ring (bicyclic) bond motifs is 1. The van der Waals surface area contributed by atoms with Gasteiger partial charge in [-0.2, -0.15) is 5.10 Å². The normalized spacial score (nSPS) is 14.7. The number of nitrogens with zero attached hydrogens (tertiary/aromatic N) is 3. The Morgan fingerprint density at radius 2 is 1.84 bits per heavy atom. The van der Waals surface area contributed by atoms with E-state index in [2.05, 4.69) is 16.1 Å². The zero-order chi connectivity index (χ0) is 20.4. The molecule has 0 radical (unpaired) electrons. The monoisotopic (exact) mass is 446 g/mol. The average molecular weight is 447 g/mol. The van der Waals surface area contributed by atoms with Gasteiger partial charge in [-0.3, -0.25) is 9.48 Å². The van der Waals surface area contributed by atoms with Crippen LogP contribution in [0.15, 0.2) is 42.5 Å². The molecule has 5 N–H and O–H groups in total. The van der Waals surface area contributed by atoms with Crippen LogP contribution in [0.25, 0.3) is 10.9 Å². The van der Waals surface area contributed by atoms with Crippen LogP contribution in [0.3, 0.4) is 0 Å². The topological polar surface area (TPSA) is 116 Å². The van der Waals surface area contributed by atoms with Gasteiger partial charge in [0, 0.05) is 19.0 Å². The lowest BCUT2D eigenvalue weighted by molar-refractivity contribution is 0.0993. The molecule has 4 rings (SSSR count). The Balaban J connectivity index is 0.00000171. The summed E-state index contributed by atoms with van der Waals surface area (Å²) in [7, 11) is 1.77. The second-order valence-electron chi connectivity index (χ2n) is 8.05. The van der Waals surface area contributed by atoms with E-state index in [4.69, 9.17) is 5.73 Å². The maximum atomic E-state index is 11.9. The Morgan fingerprint density at radius 1 is 1.16 bits per heavy atom. The number of phenols is 1. The van der Waals surface area contributed by atoms with Crippen molar-refractivity contribution in [2.45, 2.75) is 25.7 Å². The first-order chi connectivity index (χ1) is 14.0. The van der Waals surface area contributed by atoms with Crippen molar-refractivity contribution in [2.75, 3.05) is 19.6 Å². The van der Waals surface area contributed by atoms with Gasteiger partial charge in [-0.25, -0.2) is 0 Å². The Hall–Kier alpha value is -2.61. The van der Waals surface area contributed by atoms with E-state index in [1.165, 1.54) is 11.1 Å². The summed E-state index contributed by atoms with van der Waals surface area (Å²) in [5, 5.41) is 14.8. The molecular weight excluding hydrogens is 416 g/mol. The van der Waals surface area contributed by atoms with Crippen LogP contribution < -0.4 is 5.73 Å². The summed E-state index contributed by atoms with van der Waals surface area (Å²) in [5.74, 6) is 0.496. The van der Waals surface area contributed by atoms with E-state index < -0.39 is 5.91 Å². The zero-order valence-electron chi connectivity index (χ0n) is 17.8. The molecule has 31 heavy (non-hydrogen) atoms. The Labute approximate surface area is 188 Å². The van der Waals surface area contributed by atoms with Gasteiger partial charge in [0.15, 0.2) is 0 Å². The van der Waals surface area contributed by atoms with Crippen molar-refractivity contribution < 1.29 is 15.4 Å². The van der Waals surface area contributed by atoms with Gasteiger partial charge in [0.05, 0.1) is 5.52 Å². The standard InChI is InChI=1S/C23H28N4O2.ClH.H2O/c1-26-22(23(24)29)21-18(3-2-4-20(21)25-26)15-17-10-13-27(14-11-17)12-9-16-5-7-19(28)8-6-16;;/h2-8,17,28H,9-15H2,1H3,(H2,24,29);1H;1H2. The lowest BCUT2D eigenvalue weighted by Gasteiger charge is -2.32. The number of carbonyl (C=O) groups excluding carboxylic acids is 1. The number of piperidine rings is 1. The fraction of sp³-hybridized carbons (Fsp3) is 0.391. The summed E-state index contributed by atoms with van der Waals surface area (Å²) in [6, 6.07) is 13.6. The Bertz CT molecular complexity index is 1010. The van der Waals surface area contributed by atoms with Crippen LogP contribution in [0.5, 0.6) is 5.75 Å². The highest BCUT2D eigenvalue weighted by molar-refractivity contribution is 6.05. The van der Waals surface area contributed by atoms with Crippen LogP contribution in [0, 0.1) is 5.92 Å². The number of amides is 1. The van der Waals surface area contributed by atoms with E-state index in [0.717, 1.165) is 56.2 Å². The number of carbonyl (C=O) groups is 1. The molecule has 1 saturated heterocycles. The van der Waals surface area contributed by atoms with Crippen molar-refractivity contribution in [2.24, 2.45) is 18.7 Å². The zero-order valence-corrected chi connectivity index (χ0v) is 18.6. The van der Waals surface area contributed by atoms with E-state index in [1.54, 1.807) is 23.9 Å². The number of benzene rings is 2. The van der Waals surface area contributed by atoms with Crippen molar-refractivity contribution in [3.63, 3.8) is 0 Å². The van der Waals surface area contributed by atoms with Gasteiger partial charge >= 0.3 is 0 Å². The van der Waals surface area contributed by atoms with Gasteiger partial charge in [-0.05, 0) is 74.0 Å². The molecule has 168 valence electrons. The van der Waals surface area contributed by atoms with Gasteiger partial charge in [0.25, 0.3) is 5.91 Å². The van der Waals surface area contributed by atoms with E-state index in [9.17, 15) is 9.90 Å². The molecule has 7 nitrogen and oxygen atoms in total. The Morgan fingerprint density at radius 3 is 2.48 bits per heavy atom. The molecule has 0 saturated carbocycles. The number of phenolic OH excluding ortho intramolecular Hbond substituents is 1. The lowest BCUT2D eigenvalue weighted by atomic mass is 9.88. The quantitative estimate of drug-likeness (QED) is 0.604. The predicted molar refractivity (Wildman–Crippen MR) is 125 cm³/mol. The Kier molecular flexibility index (Phi) is 8.44. The van der Waals surface area contributed by atoms with Crippen molar-refractivity contribution in [1.82, 2.24) is 14.7 Å². The van der Waals surface area contributed by atoms with Gasteiger partial charge in [-0.1, -0.05) is 24.3 Å². The van der Waals surface area contributed by atoms with Crippen molar-refractivity contribution in [1.29, 1.82) is 0 Å². The third-order valence-corrected chi connectivity index (χ3v) is 6.05. The minimum absolute atomic E-state index is 0. The maximum Gasteiger partial charge on any atom is 0.267 e. The number of primary amides is 1. The summed E-state index contributed by atoms with van der Waals surface area (Å²) >= 11 is 0. The van der Waals surface area contributed by atoms with Crippen LogP contribution in [0.1, 0.15) is 34.5 Å². The molecule has 0 bridgehead atoms. The van der Waals surface area contributed by atoms with Crippen LogP contribution in [0.4, 0.5) is 0 Å². The van der Waals surface area contributed by atoms with Gasteiger partial charge in [0.2, 0.25) is 0 Å². The molecule has 3 aromatic rings. The first kappa shape index (κ1) is 24.7. The fourth-order valence-corrected chi connectivity index (χ4v) is 4.44. The highest BCUT2D eigenvalue weighted by Crippen LogP contribution is 2.28. The third kappa shape index (κ3) is 5.55. The number of rotatable bonds is 6. The molecule has 0 aliphatic carbocycles. The number of hydrogen-bond acceptors (Lipinski definition) is 4. The maximum absolute atomic E-state index is 11.9. The molecule has 0 spiro atoms. The molecule has 0 atom stereocenters. The van der Waals surface area contributed by atoms with Crippen LogP contribution in [-0.4, -0.2) is 50.8 Å². The minimum Gasteiger partial charge on any atom is -0.508 e. The minimum atomic E-state index is -0.425. The van der Waals surface area contributed by atoms with E-state index in [1.807, 2.05) is 24.3 Å². The molecule has 2 heterocycles. The number of aromatic nitrogens is 2. The second kappa shape index (κ2) is 10.6.